The van der Waals surface area contributed by atoms with Gasteiger partial charge in [-0.15, -0.1) is 0 Å². The maximum atomic E-state index is 11.2. The Morgan fingerprint density at radius 1 is 1.43 bits per heavy atom. The highest BCUT2D eigenvalue weighted by Crippen LogP contribution is 2.39. The van der Waals surface area contributed by atoms with Crippen LogP contribution in [-0.2, 0) is 0 Å². The van der Waals surface area contributed by atoms with Crippen molar-refractivity contribution >= 4 is 5.69 Å². The largest absolute Gasteiger partial charge is 0.502 e. The van der Waals surface area contributed by atoms with Crippen molar-refractivity contribution in [2.75, 3.05) is 26.2 Å². The smallest absolute Gasteiger partial charge is 0.312 e. The summed E-state index contributed by atoms with van der Waals surface area (Å²) in [6.07, 6.45) is 0.763. The molecule has 1 aromatic carbocycles. The van der Waals surface area contributed by atoms with Gasteiger partial charge in [0.05, 0.1) is 16.6 Å². The Hall–Kier alpha value is -2.17. The number of hydrogen-bond donors (Lipinski definition) is 2. The first-order valence-electron chi connectivity index (χ1n) is 7.80. The van der Waals surface area contributed by atoms with Crippen molar-refractivity contribution < 1.29 is 10.0 Å². The molecule has 2 rings (SSSR count). The summed E-state index contributed by atoms with van der Waals surface area (Å²) in [5, 5.41) is 34.0. The molecule has 23 heavy (non-hydrogen) atoms. The third kappa shape index (κ3) is 3.97. The second-order valence-corrected chi connectivity index (χ2v) is 6.23. The minimum Gasteiger partial charge on any atom is -0.502 e. The summed E-state index contributed by atoms with van der Waals surface area (Å²) in [4.78, 5) is 12.8. The first kappa shape index (κ1) is 17.2. The number of phenolic OH excluding ortho intramolecular Hbond substituents is 1. The average Bonchev–Trinajstić information content (AvgIpc) is 2.53. The van der Waals surface area contributed by atoms with E-state index in [2.05, 4.69) is 24.1 Å². The first-order chi connectivity index (χ1) is 10.9. The number of piperazine rings is 1. The summed E-state index contributed by atoms with van der Waals surface area (Å²) >= 11 is 0. The van der Waals surface area contributed by atoms with E-state index in [1.165, 1.54) is 0 Å². The molecule has 0 saturated carbocycles. The molecule has 1 heterocycles. The highest BCUT2D eigenvalue weighted by molar-refractivity contribution is 5.57. The lowest BCUT2D eigenvalue weighted by molar-refractivity contribution is -0.386. The summed E-state index contributed by atoms with van der Waals surface area (Å²) in [6.45, 7) is 7.46. The number of nitro groups is 1. The van der Waals surface area contributed by atoms with Crippen LogP contribution < -0.4 is 5.32 Å². The summed E-state index contributed by atoms with van der Waals surface area (Å²) < 4.78 is 0. The SMILES string of the molecule is CC(C)C[C@@H](c1cc(C#N)cc([N+](=O)[O-])c1O)N1CCNCC1. The molecule has 7 heteroatoms. The van der Waals surface area contributed by atoms with Gasteiger partial charge in [0.1, 0.15) is 0 Å². The lowest BCUT2D eigenvalue weighted by Crippen LogP contribution is -2.45. The van der Waals surface area contributed by atoms with E-state index in [1.807, 2.05) is 6.07 Å². The predicted octanol–water partition coefficient (Wildman–Crippen LogP) is 2.16. The Labute approximate surface area is 135 Å². The van der Waals surface area contributed by atoms with Gasteiger partial charge in [0.25, 0.3) is 0 Å². The fourth-order valence-corrected chi connectivity index (χ4v) is 3.01. The van der Waals surface area contributed by atoms with Gasteiger partial charge >= 0.3 is 5.69 Å². The summed E-state index contributed by atoms with van der Waals surface area (Å²) in [5.41, 5.74) is 0.280. The minimum atomic E-state index is -0.635. The van der Waals surface area contributed by atoms with Crippen LogP contribution in [0.3, 0.4) is 0 Å². The minimum absolute atomic E-state index is 0.135. The molecule has 0 amide bonds. The first-order valence-corrected chi connectivity index (χ1v) is 7.80. The number of phenols is 1. The number of nitriles is 1. The van der Waals surface area contributed by atoms with Crippen LogP contribution in [0.5, 0.6) is 5.75 Å². The molecule has 0 aromatic heterocycles. The monoisotopic (exact) mass is 318 g/mol. The van der Waals surface area contributed by atoms with Gasteiger partial charge in [0.2, 0.25) is 0 Å². The van der Waals surface area contributed by atoms with Gasteiger partial charge < -0.3 is 10.4 Å². The second kappa shape index (κ2) is 7.40. The summed E-state index contributed by atoms with van der Waals surface area (Å²) in [7, 11) is 0. The lowest BCUT2D eigenvalue weighted by atomic mass is 9.92. The highest BCUT2D eigenvalue weighted by Gasteiger charge is 2.29. The van der Waals surface area contributed by atoms with Crippen molar-refractivity contribution in [2.24, 2.45) is 5.92 Å². The van der Waals surface area contributed by atoms with Gasteiger partial charge in [-0.1, -0.05) is 13.8 Å². The third-order valence-electron chi connectivity index (χ3n) is 4.09. The number of aromatic hydroxyl groups is 1. The molecule has 1 aliphatic heterocycles. The average molecular weight is 318 g/mol. The second-order valence-electron chi connectivity index (χ2n) is 6.23. The fraction of sp³-hybridized carbons (Fsp3) is 0.562. The van der Waals surface area contributed by atoms with Crippen molar-refractivity contribution in [3.63, 3.8) is 0 Å². The number of nitrogens with one attached hydrogen (secondary N) is 1. The molecule has 1 atom stereocenters. The Kier molecular flexibility index (Phi) is 5.53. The van der Waals surface area contributed by atoms with Crippen LogP contribution in [0.15, 0.2) is 12.1 Å². The molecule has 7 nitrogen and oxygen atoms in total. The van der Waals surface area contributed by atoms with Crippen molar-refractivity contribution in [3.8, 4) is 11.8 Å². The maximum absolute atomic E-state index is 11.2. The number of nitro benzene ring substituents is 1. The van der Waals surface area contributed by atoms with E-state index in [1.54, 1.807) is 6.07 Å². The zero-order chi connectivity index (χ0) is 17.0. The topological polar surface area (TPSA) is 102 Å². The van der Waals surface area contributed by atoms with Crippen molar-refractivity contribution in [2.45, 2.75) is 26.3 Å². The van der Waals surface area contributed by atoms with Crippen LogP contribution in [0.25, 0.3) is 0 Å². The van der Waals surface area contributed by atoms with Crippen molar-refractivity contribution in [3.05, 3.63) is 33.4 Å². The highest BCUT2D eigenvalue weighted by atomic mass is 16.6. The molecule has 1 aliphatic rings. The van der Waals surface area contributed by atoms with Gasteiger partial charge in [0, 0.05) is 43.9 Å². The summed E-state index contributed by atoms with van der Waals surface area (Å²) in [5.74, 6) is 0.0391. The van der Waals surface area contributed by atoms with E-state index in [0.717, 1.165) is 38.7 Å². The van der Waals surface area contributed by atoms with Crippen LogP contribution in [-0.4, -0.2) is 41.1 Å². The van der Waals surface area contributed by atoms with Crippen LogP contribution in [0.2, 0.25) is 0 Å². The Morgan fingerprint density at radius 3 is 2.61 bits per heavy atom. The van der Waals surface area contributed by atoms with Crippen molar-refractivity contribution in [1.29, 1.82) is 5.26 Å². The molecule has 1 fully saturated rings. The number of nitrogens with zero attached hydrogens (tertiary/aromatic N) is 3. The molecule has 2 N–H and O–H groups in total. The zero-order valence-corrected chi connectivity index (χ0v) is 13.5. The lowest BCUT2D eigenvalue weighted by Gasteiger charge is -2.36. The normalized spacial score (nSPS) is 17.0. The zero-order valence-electron chi connectivity index (χ0n) is 13.5. The van der Waals surface area contributed by atoms with E-state index < -0.39 is 10.6 Å². The Morgan fingerprint density at radius 2 is 2.09 bits per heavy atom. The molecule has 1 saturated heterocycles. The van der Waals surface area contributed by atoms with E-state index >= 15 is 0 Å². The van der Waals surface area contributed by atoms with Crippen LogP contribution in [0.1, 0.15) is 37.4 Å². The molecule has 0 aliphatic carbocycles. The van der Waals surface area contributed by atoms with Gasteiger partial charge in [-0.2, -0.15) is 5.26 Å². The number of benzene rings is 1. The quantitative estimate of drug-likeness (QED) is 0.637. The fourth-order valence-electron chi connectivity index (χ4n) is 3.01. The number of rotatable bonds is 5. The standard InChI is InChI=1S/C16H22N4O3/c1-11(2)7-14(19-5-3-18-4-6-19)13-8-12(10-17)9-15(16(13)21)20(22)23/h8-9,11,14,18,21H,3-7H2,1-2H3/t14-/m0/s1. The van der Waals surface area contributed by atoms with Crippen LogP contribution >= 0.6 is 0 Å². The van der Waals surface area contributed by atoms with E-state index in [0.29, 0.717) is 11.5 Å². The van der Waals surface area contributed by atoms with Gasteiger partial charge in [-0.05, 0) is 18.4 Å². The van der Waals surface area contributed by atoms with Crippen LogP contribution in [0, 0.1) is 27.4 Å². The van der Waals surface area contributed by atoms with Crippen molar-refractivity contribution in [1.82, 2.24) is 10.2 Å². The molecule has 0 radical (unpaired) electrons. The van der Waals surface area contributed by atoms with Gasteiger partial charge in [-0.3, -0.25) is 15.0 Å². The van der Waals surface area contributed by atoms with Crippen LogP contribution in [0.4, 0.5) is 5.69 Å². The molecule has 0 unspecified atom stereocenters. The predicted molar refractivity (Wildman–Crippen MR) is 86.1 cm³/mol. The molecule has 1 aromatic rings. The van der Waals surface area contributed by atoms with E-state index in [-0.39, 0.29) is 17.4 Å². The number of hydrogen-bond acceptors (Lipinski definition) is 6. The molecular weight excluding hydrogens is 296 g/mol. The van der Waals surface area contributed by atoms with E-state index in [4.69, 9.17) is 5.26 Å². The maximum Gasteiger partial charge on any atom is 0.312 e. The van der Waals surface area contributed by atoms with Gasteiger partial charge in [-0.25, -0.2) is 0 Å². The molecular formula is C16H22N4O3. The molecule has 124 valence electrons. The van der Waals surface area contributed by atoms with Gasteiger partial charge in [0.15, 0.2) is 5.75 Å². The molecule has 0 spiro atoms. The van der Waals surface area contributed by atoms with E-state index in [9.17, 15) is 15.2 Å². The third-order valence-corrected chi connectivity index (χ3v) is 4.09. The summed E-state index contributed by atoms with van der Waals surface area (Å²) in [6, 6.07) is 4.53. The Balaban J connectivity index is 2.50. The Bertz CT molecular complexity index is 618. The molecule has 0 bridgehead atoms.